The van der Waals surface area contributed by atoms with Crippen LogP contribution in [0.15, 0.2) is 0 Å². The average molecular weight is 1330 g/mol. The molecule has 0 saturated carbocycles. The first-order chi connectivity index (χ1) is 46.3. The first-order valence-electron chi connectivity index (χ1n) is 46.3. The fourth-order valence-electron chi connectivity index (χ4n) is 23.5. The molecular formula is C65H167B35. The summed E-state index contributed by atoms with van der Waals surface area (Å²) in [5, 5.41) is 0. The van der Waals surface area contributed by atoms with Crippen molar-refractivity contribution in [1.29, 1.82) is 0 Å². The Morgan fingerprint density at radius 3 is 0.300 bits per heavy atom. The third-order valence-corrected chi connectivity index (χ3v) is 24.2. The van der Waals surface area contributed by atoms with Crippen molar-refractivity contribution in [1.82, 2.24) is 0 Å². The van der Waals surface area contributed by atoms with Gasteiger partial charge in [-0.05, 0) is 135 Å². The van der Waals surface area contributed by atoms with Crippen molar-refractivity contribution in [2.75, 3.05) is 0 Å². The second kappa shape index (κ2) is 57.3. The molecule has 0 aliphatic heterocycles. The Kier molecular flexibility index (Phi) is 58.6. The smallest absolute Gasteiger partial charge is 0.0963 e. The molecule has 0 bridgehead atoms. The number of hydrogen-bond donors (Lipinski definition) is 0. The summed E-state index contributed by atoms with van der Waals surface area (Å²) in [6.07, 6.45) is 45.9. The lowest BCUT2D eigenvalue weighted by atomic mass is 9.57. The van der Waals surface area contributed by atoms with Crippen molar-refractivity contribution in [3.63, 3.8) is 0 Å². The van der Waals surface area contributed by atoms with Gasteiger partial charge in [-0.2, -0.15) is 0 Å². The van der Waals surface area contributed by atoms with Crippen LogP contribution in [0.25, 0.3) is 0 Å². The first kappa shape index (κ1) is 102. The molecule has 0 rings (SSSR count). The van der Waals surface area contributed by atoms with E-state index in [0.717, 1.165) is 192 Å². The predicted molar refractivity (Wildman–Crippen MR) is 567 cm³/mol. The molecule has 0 aromatic heterocycles. The molecule has 532 valence electrons. The summed E-state index contributed by atoms with van der Waals surface area (Å²) in [4.78, 5) is 0. The molecule has 0 aliphatic rings. The molecule has 0 aromatic carbocycles. The van der Waals surface area contributed by atoms with E-state index in [1.165, 1.54) is 205 Å². The van der Waals surface area contributed by atoms with Crippen molar-refractivity contribution >= 4 is 275 Å². The zero-order valence-electron chi connectivity index (χ0n) is 76.7. The van der Waals surface area contributed by atoms with Gasteiger partial charge in [-0.15, -0.1) is 0 Å². The lowest BCUT2D eigenvalue weighted by Gasteiger charge is -2.37. The van der Waals surface area contributed by atoms with Crippen LogP contribution in [0.4, 0.5) is 0 Å². The first-order valence-corrected chi connectivity index (χ1v) is 46.3. The summed E-state index contributed by atoms with van der Waals surface area (Å²) in [5.41, 5.74) is 10.8. The van der Waals surface area contributed by atoms with Crippen molar-refractivity contribution in [2.24, 2.45) is 71.0 Å². The largest absolute Gasteiger partial charge is 0.105 e. The molecule has 0 nitrogen and oxygen atoms in total. The fourth-order valence-corrected chi connectivity index (χ4v) is 23.5. The van der Waals surface area contributed by atoms with Gasteiger partial charge in [0, 0.05) is 0 Å². The van der Waals surface area contributed by atoms with Gasteiger partial charge in [-0.1, -0.05) is 262 Å². The zero-order chi connectivity index (χ0) is 76.7. The van der Waals surface area contributed by atoms with E-state index in [4.69, 9.17) is 0 Å². The van der Waals surface area contributed by atoms with Gasteiger partial charge in [-0.25, -0.2) is 0 Å². The second-order valence-electron chi connectivity index (χ2n) is 45.2. The van der Waals surface area contributed by atoms with Gasteiger partial charge in [0.25, 0.3) is 0 Å². The van der Waals surface area contributed by atoms with Gasteiger partial charge >= 0.3 is 0 Å². The van der Waals surface area contributed by atoms with E-state index in [9.17, 15) is 0 Å². The Morgan fingerprint density at radius 1 is 0.0800 bits per heavy atom. The number of hydrogen-bond acceptors (Lipinski definition) is 0. The lowest BCUT2D eigenvalue weighted by molar-refractivity contribution is 0.179. The standard InChI is InChI=1S/C65H167B35/c66-45(27-51(72)28-46(67)16-42(22-57(83)84)8-39(21-56(81)82)7-41(14-49(70)31-64(97)98)15-50(71)32-65(99)100)11-34(5-37(19-54(77)78)9-43(23-58(85)86)24-59(87)88)4-35(17-52(73)74)1-33(3-40(12-47(68)29-62(93)94)13-48(69)30-63(95)96)2-36(18-53(75)76)6-38(20-55(79)80)10-44(25-60(89)90)26-61(91)92/h33-65H,1-32,66-100H2. The molecular weight excluding hydrogens is 1160 g/mol. The summed E-state index contributed by atoms with van der Waals surface area (Å²) in [7, 11) is 89.5. The van der Waals surface area contributed by atoms with Crippen LogP contribution in [0.2, 0.25) is 121 Å². The van der Waals surface area contributed by atoms with E-state index in [1.807, 2.05) is 0 Å². The quantitative estimate of drug-likeness (QED) is 0.0533. The van der Waals surface area contributed by atoms with Gasteiger partial charge in [0.05, 0.1) is 220 Å². The molecule has 0 amide bonds. The van der Waals surface area contributed by atoms with Gasteiger partial charge < -0.3 is 0 Å². The van der Waals surface area contributed by atoms with E-state index >= 15 is 0 Å². The summed E-state index contributed by atoms with van der Waals surface area (Å²) >= 11 is 0. The van der Waals surface area contributed by atoms with Crippen molar-refractivity contribution in [3.05, 3.63) is 0 Å². The van der Waals surface area contributed by atoms with Crippen LogP contribution in [0.3, 0.4) is 0 Å². The topological polar surface area (TPSA) is 0 Å². The van der Waals surface area contributed by atoms with Crippen LogP contribution in [-0.2, 0) is 0 Å². The Hall–Kier alpha value is 2.27. The van der Waals surface area contributed by atoms with E-state index in [1.54, 1.807) is 0 Å². The maximum atomic E-state index is 2.77. The van der Waals surface area contributed by atoms with Crippen LogP contribution in [0, 0.1) is 71.0 Å². The summed E-state index contributed by atoms with van der Waals surface area (Å²) < 4.78 is 0. The second-order valence-corrected chi connectivity index (χ2v) is 45.2. The minimum atomic E-state index is 0.741. The van der Waals surface area contributed by atoms with Crippen molar-refractivity contribution < 1.29 is 0 Å². The maximum absolute atomic E-state index is 2.77. The van der Waals surface area contributed by atoms with E-state index in [0.29, 0.717) is 0 Å². The van der Waals surface area contributed by atoms with Crippen molar-refractivity contribution in [2.45, 2.75) is 326 Å². The highest BCUT2D eigenvalue weighted by molar-refractivity contribution is 6.40. The fraction of sp³-hybridized carbons (Fsp3) is 1.00. The third kappa shape index (κ3) is 58.2. The SMILES string of the molecule is BC(B)CC(B)CC(CC(B)CC(B)B)CC(CC(B)B)CC(CC(B)B)CC(B)CC(B)CC(B)CC(CC(CC(B)B)CC(CC(B)B)CC(B)B)CC(CC(B)B)CC(CC(CC(B)CC(B)B)CC(B)CC(B)B)CC(CC(B)B)CC(CC(B)B)CC(CC(B)B)CC(B)B. The Labute approximate surface area is 666 Å². The monoisotopic (exact) mass is 1330 g/mol. The van der Waals surface area contributed by atoms with Crippen molar-refractivity contribution in [3.8, 4) is 0 Å². The predicted octanol–water partition coefficient (Wildman–Crippen LogP) is -11.0. The molecule has 0 radical (unpaired) electrons. The van der Waals surface area contributed by atoms with Gasteiger partial charge in [0.2, 0.25) is 0 Å². The van der Waals surface area contributed by atoms with Gasteiger partial charge in [0.1, 0.15) is 54.9 Å². The molecule has 0 saturated heterocycles. The number of rotatable bonds is 64. The minimum absolute atomic E-state index is 0.741. The molecule has 0 spiro atoms. The molecule has 100 heavy (non-hydrogen) atoms. The third-order valence-electron chi connectivity index (χ3n) is 24.2. The van der Waals surface area contributed by atoms with Gasteiger partial charge in [0.15, 0.2) is 0 Å². The Bertz CT molecular complexity index is 1850. The highest BCUT2D eigenvalue weighted by Crippen LogP contribution is 2.47. The van der Waals surface area contributed by atoms with E-state index in [-0.39, 0.29) is 0 Å². The van der Waals surface area contributed by atoms with E-state index in [2.05, 4.69) is 275 Å². The molecule has 15 atom stereocenters. The molecule has 15 unspecified atom stereocenters. The van der Waals surface area contributed by atoms with Gasteiger partial charge in [-0.3, -0.25) is 0 Å². The molecule has 0 aromatic rings. The average Bonchev–Trinajstić information content (AvgIpc) is 0.867. The van der Waals surface area contributed by atoms with E-state index < -0.39 is 0 Å². The maximum Gasteiger partial charge on any atom is 0.105 e. The Morgan fingerprint density at radius 2 is 0.160 bits per heavy atom. The minimum Gasteiger partial charge on any atom is -0.0963 e. The highest BCUT2D eigenvalue weighted by Gasteiger charge is 2.34. The summed E-state index contributed by atoms with van der Waals surface area (Å²) in [6, 6.07) is 0. The van der Waals surface area contributed by atoms with Crippen LogP contribution in [-0.4, -0.2) is 275 Å². The van der Waals surface area contributed by atoms with Crippen LogP contribution < -0.4 is 0 Å². The molecule has 0 N–H and O–H groups in total. The van der Waals surface area contributed by atoms with Crippen LogP contribution in [0.1, 0.15) is 205 Å². The zero-order valence-corrected chi connectivity index (χ0v) is 76.7. The highest BCUT2D eigenvalue weighted by atomic mass is 14.4. The molecule has 0 fully saturated rings. The van der Waals surface area contributed by atoms with Crippen LogP contribution in [0.5, 0.6) is 0 Å². The van der Waals surface area contributed by atoms with Crippen LogP contribution >= 0.6 is 0 Å². The summed E-state index contributed by atoms with van der Waals surface area (Å²) in [5.74, 6) is 15.8. The molecule has 0 aliphatic carbocycles. The lowest BCUT2D eigenvalue weighted by Crippen LogP contribution is -2.25. The normalized spacial score (nSPS) is 18.0. The Balaban J connectivity index is 7.99. The molecule has 0 heterocycles. The summed E-state index contributed by atoms with van der Waals surface area (Å²) in [6.45, 7) is 0. The molecule has 35 heteroatoms.